The number of aryl methyl sites for hydroxylation is 1. The molecule has 1 aromatic carbocycles. The summed E-state index contributed by atoms with van der Waals surface area (Å²) in [5.41, 5.74) is 1.78. The third kappa shape index (κ3) is 4.00. The van der Waals surface area contributed by atoms with Crippen LogP contribution in [-0.4, -0.2) is 30.1 Å². The Labute approximate surface area is 123 Å². The minimum Gasteiger partial charge on any atom is -0.463 e. The van der Waals surface area contributed by atoms with E-state index in [9.17, 15) is 4.79 Å². The molecule has 2 rings (SSSR count). The van der Waals surface area contributed by atoms with Crippen LogP contribution in [0.25, 0.3) is 0 Å². The fourth-order valence-electron chi connectivity index (χ4n) is 1.77. The van der Waals surface area contributed by atoms with E-state index in [4.69, 9.17) is 4.74 Å². The Balaban J connectivity index is 2.18. The Kier molecular flexibility index (Phi) is 4.84. The summed E-state index contributed by atoms with van der Waals surface area (Å²) in [6, 6.07) is 9.28. The standard InChI is InChI=1S/C15H17N3O3/c1-10-8-13(18-14(17-10)15(19)20-3)21-12-6-4-11(5-7-12)9-16-2/h4-8,16H,9H2,1-3H3. The van der Waals surface area contributed by atoms with Crippen molar-refractivity contribution in [3.05, 3.63) is 47.4 Å². The first-order valence-electron chi connectivity index (χ1n) is 6.47. The first kappa shape index (κ1) is 14.9. The molecule has 0 aliphatic heterocycles. The van der Waals surface area contributed by atoms with Crippen LogP contribution < -0.4 is 10.1 Å². The summed E-state index contributed by atoms with van der Waals surface area (Å²) in [5, 5.41) is 3.07. The molecule has 21 heavy (non-hydrogen) atoms. The van der Waals surface area contributed by atoms with Crippen molar-refractivity contribution in [3.8, 4) is 11.6 Å². The Hall–Kier alpha value is -2.47. The van der Waals surface area contributed by atoms with Gasteiger partial charge in [-0.3, -0.25) is 0 Å². The molecule has 6 heteroatoms. The first-order valence-corrected chi connectivity index (χ1v) is 6.47. The summed E-state index contributed by atoms with van der Waals surface area (Å²) in [4.78, 5) is 19.5. The largest absolute Gasteiger partial charge is 0.463 e. The third-order valence-electron chi connectivity index (χ3n) is 2.73. The predicted molar refractivity (Wildman–Crippen MR) is 77.4 cm³/mol. The van der Waals surface area contributed by atoms with Crippen LogP contribution in [0.15, 0.2) is 30.3 Å². The molecule has 0 radical (unpaired) electrons. The SMILES string of the molecule is CNCc1ccc(Oc2cc(C)nc(C(=O)OC)n2)cc1. The van der Waals surface area contributed by atoms with Crippen LogP contribution in [0.4, 0.5) is 0 Å². The van der Waals surface area contributed by atoms with Crippen LogP contribution in [-0.2, 0) is 11.3 Å². The van der Waals surface area contributed by atoms with E-state index in [0.29, 0.717) is 17.3 Å². The number of carbonyl (C=O) groups is 1. The molecule has 0 fully saturated rings. The number of aromatic nitrogens is 2. The van der Waals surface area contributed by atoms with Gasteiger partial charge in [-0.05, 0) is 31.7 Å². The zero-order chi connectivity index (χ0) is 15.2. The van der Waals surface area contributed by atoms with Crippen molar-refractivity contribution < 1.29 is 14.3 Å². The number of ether oxygens (including phenoxy) is 2. The van der Waals surface area contributed by atoms with E-state index in [2.05, 4.69) is 20.0 Å². The molecule has 0 atom stereocenters. The molecule has 1 N–H and O–H groups in total. The van der Waals surface area contributed by atoms with Crippen molar-refractivity contribution >= 4 is 5.97 Å². The van der Waals surface area contributed by atoms with Crippen molar-refractivity contribution in [3.63, 3.8) is 0 Å². The molecule has 1 heterocycles. The van der Waals surface area contributed by atoms with E-state index < -0.39 is 5.97 Å². The van der Waals surface area contributed by atoms with E-state index in [1.165, 1.54) is 7.11 Å². The molecule has 6 nitrogen and oxygen atoms in total. The lowest BCUT2D eigenvalue weighted by Gasteiger charge is -2.07. The van der Waals surface area contributed by atoms with Gasteiger partial charge in [0.1, 0.15) is 5.75 Å². The normalized spacial score (nSPS) is 10.2. The zero-order valence-electron chi connectivity index (χ0n) is 12.2. The van der Waals surface area contributed by atoms with Crippen molar-refractivity contribution in [1.29, 1.82) is 0 Å². The topological polar surface area (TPSA) is 73.3 Å². The highest BCUT2D eigenvalue weighted by molar-refractivity contribution is 5.85. The van der Waals surface area contributed by atoms with Gasteiger partial charge in [-0.2, -0.15) is 4.98 Å². The predicted octanol–water partition coefficient (Wildman–Crippen LogP) is 2.08. The summed E-state index contributed by atoms with van der Waals surface area (Å²) in [6.45, 7) is 2.55. The molecule has 1 aromatic heterocycles. The number of rotatable bonds is 5. The highest BCUT2D eigenvalue weighted by Gasteiger charge is 2.12. The lowest BCUT2D eigenvalue weighted by molar-refractivity contribution is 0.0585. The second-order valence-corrected chi connectivity index (χ2v) is 4.44. The minimum atomic E-state index is -0.590. The van der Waals surface area contributed by atoms with E-state index >= 15 is 0 Å². The van der Waals surface area contributed by atoms with E-state index in [1.807, 2.05) is 31.3 Å². The van der Waals surface area contributed by atoms with E-state index in [-0.39, 0.29) is 5.82 Å². The molecule has 0 amide bonds. The molecule has 2 aromatic rings. The number of esters is 1. The van der Waals surface area contributed by atoms with Gasteiger partial charge in [0.15, 0.2) is 0 Å². The van der Waals surface area contributed by atoms with Crippen molar-refractivity contribution in [2.45, 2.75) is 13.5 Å². The summed E-state index contributed by atoms with van der Waals surface area (Å²) in [5.74, 6) is 0.347. The molecule has 0 unspecified atom stereocenters. The second-order valence-electron chi connectivity index (χ2n) is 4.44. The molecular formula is C15H17N3O3. The molecular weight excluding hydrogens is 270 g/mol. The average Bonchev–Trinajstić information content (AvgIpc) is 2.48. The first-order chi connectivity index (χ1) is 10.1. The quantitative estimate of drug-likeness (QED) is 0.849. The summed E-state index contributed by atoms with van der Waals surface area (Å²) in [7, 11) is 3.18. The Morgan fingerprint density at radius 1 is 1.24 bits per heavy atom. The number of benzene rings is 1. The summed E-state index contributed by atoms with van der Waals surface area (Å²) >= 11 is 0. The fourth-order valence-corrected chi connectivity index (χ4v) is 1.77. The lowest BCUT2D eigenvalue weighted by atomic mass is 10.2. The molecule has 0 aliphatic carbocycles. The zero-order valence-corrected chi connectivity index (χ0v) is 12.2. The highest BCUT2D eigenvalue weighted by Crippen LogP contribution is 2.20. The molecule has 0 bridgehead atoms. The number of methoxy groups -OCH3 is 1. The van der Waals surface area contributed by atoms with Gasteiger partial charge >= 0.3 is 5.97 Å². The third-order valence-corrected chi connectivity index (χ3v) is 2.73. The van der Waals surface area contributed by atoms with Crippen LogP contribution in [0.1, 0.15) is 21.9 Å². The van der Waals surface area contributed by atoms with Gasteiger partial charge in [0.25, 0.3) is 0 Å². The molecule has 0 saturated heterocycles. The molecule has 0 saturated carbocycles. The molecule has 110 valence electrons. The number of nitrogens with one attached hydrogen (secondary N) is 1. The van der Waals surface area contributed by atoms with Crippen LogP contribution in [0.5, 0.6) is 11.6 Å². The highest BCUT2D eigenvalue weighted by atomic mass is 16.5. The Morgan fingerprint density at radius 3 is 2.57 bits per heavy atom. The van der Waals surface area contributed by atoms with Gasteiger partial charge in [-0.25, -0.2) is 9.78 Å². The maximum atomic E-state index is 11.5. The second kappa shape index (κ2) is 6.81. The van der Waals surface area contributed by atoms with Gasteiger partial charge in [-0.1, -0.05) is 12.1 Å². The average molecular weight is 287 g/mol. The summed E-state index contributed by atoms with van der Waals surface area (Å²) < 4.78 is 10.3. The van der Waals surface area contributed by atoms with Gasteiger partial charge in [-0.15, -0.1) is 0 Å². The van der Waals surface area contributed by atoms with Crippen LogP contribution in [0, 0.1) is 6.92 Å². The Morgan fingerprint density at radius 2 is 1.95 bits per heavy atom. The van der Waals surface area contributed by atoms with Crippen molar-refractivity contribution in [2.24, 2.45) is 0 Å². The van der Waals surface area contributed by atoms with Gasteiger partial charge < -0.3 is 14.8 Å². The number of hydrogen-bond donors (Lipinski definition) is 1. The lowest BCUT2D eigenvalue weighted by Crippen LogP contribution is -2.09. The van der Waals surface area contributed by atoms with E-state index in [1.54, 1.807) is 13.0 Å². The Bertz CT molecular complexity index is 627. The fraction of sp³-hybridized carbons (Fsp3) is 0.267. The summed E-state index contributed by atoms with van der Waals surface area (Å²) in [6.07, 6.45) is 0. The van der Waals surface area contributed by atoms with Crippen LogP contribution in [0.2, 0.25) is 0 Å². The maximum Gasteiger partial charge on any atom is 0.376 e. The molecule has 0 spiro atoms. The van der Waals surface area contributed by atoms with Gasteiger partial charge in [0.05, 0.1) is 7.11 Å². The monoisotopic (exact) mass is 287 g/mol. The molecule has 0 aliphatic rings. The minimum absolute atomic E-state index is 0.0145. The van der Waals surface area contributed by atoms with Gasteiger partial charge in [0.2, 0.25) is 11.7 Å². The van der Waals surface area contributed by atoms with Crippen molar-refractivity contribution in [2.75, 3.05) is 14.2 Å². The number of carbonyl (C=O) groups excluding carboxylic acids is 1. The number of nitrogens with zero attached hydrogens (tertiary/aromatic N) is 2. The van der Waals surface area contributed by atoms with Crippen LogP contribution in [0.3, 0.4) is 0 Å². The van der Waals surface area contributed by atoms with Gasteiger partial charge in [0, 0.05) is 18.3 Å². The smallest absolute Gasteiger partial charge is 0.376 e. The van der Waals surface area contributed by atoms with E-state index in [0.717, 1.165) is 12.1 Å². The maximum absolute atomic E-state index is 11.5. The van der Waals surface area contributed by atoms with Crippen molar-refractivity contribution in [1.82, 2.24) is 15.3 Å². The number of hydrogen-bond acceptors (Lipinski definition) is 6. The van der Waals surface area contributed by atoms with Crippen LogP contribution >= 0.6 is 0 Å².